The van der Waals surface area contributed by atoms with Crippen LogP contribution in [0, 0.1) is 0 Å². The topological polar surface area (TPSA) is 102 Å². The second-order valence-corrected chi connectivity index (χ2v) is 8.39. The van der Waals surface area contributed by atoms with Crippen molar-refractivity contribution in [3.8, 4) is 5.75 Å². The van der Waals surface area contributed by atoms with Crippen LogP contribution in [0.15, 0.2) is 53.4 Å². The molecule has 3 rings (SSSR count). The van der Waals surface area contributed by atoms with Gasteiger partial charge in [-0.15, -0.1) is 0 Å². The van der Waals surface area contributed by atoms with Crippen LogP contribution in [0.2, 0.25) is 0 Å². The number of amides is 2. The van der Waals surface area contributed by atoms with Gasteiger partial charge in [-0.25, -0.2) is 18.4 Å². The van der Waals surface area contributed by atoms with E-state index in [4.69, 9.17) is 9.88 Å². The highest BCUT2D eigenvalue weighted by molar-refractivity contribution is 7.89. The van der Waals surface area contributed by atoms with Crippen molar-refractivity contribution in [3.63, 3.8) is 0 Å². The lowest BCUT2D eigenvalue weighted by Gasteiger charge is -2.30. The van der Waals surface area contributed by atoms with E-state index in [9.17, 15) is 13.2 Å². The first-order valence-electron chi connectivity index (χ1n) is 9.23. The van der Waals surface area contributed by atoms with Crippen molar-refractivity contribution in [2.75, 3.05) is 19.0 Å². The summed E-state index contributed by atoms with van der Waals surface area (Å²) in [6.45, 7) is 0.664. The van der Waals surface area contributed by atoms with E-state index in [1.54, 1.807) is 7.11 Å². The fourth-order valence-corrected chi connectivity index (χ4v) is 3.96. The Labute approximate surface area is 165 Å². The lowest BCUT2D eigenvalue weighted by molar-refractivity contribution is 0.189. The summed E-state index contributed by atoms with van der Waals surface area (Å²) in [5.41, 5.74) is 1.59. The molecule has 2 aromatic rings. The van der Waals surface area contributed by atoms with Gasteiger partial charge in [0, 0.05) is 12.2 Å². The first-order chi connectivity index (χ1) is 13.4. The molecule has 0 aliphatic carbocycles. The van der Waals surface area contributed by atoms with E-state index in [0.29, 0.717) is 12.2 Å². The van der Waals surface area contributed by atoms with E-state index in [1.807, 2.05) is 29.2 Å². The van der Waals surface area contributed by atoms with Gasteiger partial charge in [-0.3, -0.25) is 0 Å². The van der Waals surface area contributed by atoms with Crippen LogP contribution in [0.3, 0.4) is 0 Å². The Morgan fingerprint density at radius 3 is 2.36 bits per heavy atom. The predicted octanol–water partition coefficient (Wildman–Crippen LogP) is 3.49. The van der Waals surface area contributed by atoms with Crippen LogP contribution in [-0.4, -0.2) is 33.0 Å². The van der Waals surface area contributed by atoms with E-state index in [-0.39, 0.29) is 17.0 Å². The molecule has 28 heavy (non-hydrogen) atoms. The Kier molecular flexibility index (Phi) is 6.21. The quantitative estimate of drug-likeness (QED) is 0.816. The largest absolute Gasteiger partial charge is 0.497 e. The molecule has 0 aromatic heterocycles. The molecule has 7 nitrogen and oxygen atoms in total. The molecule has 1 fully saturated rings. The lowest BCUT2D eigenvalue weighted by atomic mass is 10.0. The molecule has 1 saturated heterocycles. The monoisotopic (exact) mass is 403 g/mol. The molecule has 0 radical (unpaired) electrons. The number of rotatable bonds is 4. The highest BCUT2D eigenvalue weighted by Gasteiger charge is 2.27. The molecule has 0 spiro atoms. The molecule has 0 unspecified atom stereocenters. The molecule has 1 aliphatic heterocycles. The van der Waals surface area contributed by atoms with Crippen LogP contribution in [0.25, 0.3) is 0 Å². The van der Waals surface area contributed by atoms with Gasteiger partial charge in [0.25, 0.3) is 0 Å². The average molecular weight is 404 g/mol. The van der Waals surface area contributed by atoms with Crippen LogP contribution in [0.5, 0.6) is 5.75 Å². The van der Waals surface area contributed by atoms with Gasteiger partial charge in [0.15, 0.2) is 0 Å². The van der Waals surface area contributed by atoms with Crippen LogP contribution in [-0.2, 0) is 10.0 Å². The number of urea groups is 1. The molecule has 2 amide bonds. The number of carbonyl (C=O) groups excluding carboxylic acids is 1. The minimum absolute atomic E-state index is 0.0105. The molecule has 0 bridgehead atoms. The van der Waals surface area contributed by atoms with Crippen molar-refractivity contribution in [1.29, 1.82) is 0 Å². The Morgan fingerprint density at radius 2 is 1.75 bits per heavy atom. The number of nitrogens with zero attached hydrogens (tertiary/aromatic N) is 1. The number of ether oxygens (including phenoxy) is 1. The number of benzene rings is 2. The van der Waals surface area contributed by atoms with E-state index in [1.165, 1.54) is 24.3 Å². The van der Waals surface area contributed by atoms with Crippen molar-refractivity contribution in [3.05, 3.63) is 54.1 Å². The third-order valence-electron chi connectivity index (χ3n) is 4.95. The molecule has 1 atom stereocenters. The molecule has 3 N–H and O–H groups in total. The molecule has 1 heterocycles. The van der Waals surface area contributed by atoms with Crippen LogP contribution < -0.4 is 15.2 Å². The number of nitrogens with two attached hydrogens (primary N) is 1. The zero-order chi connectivity index (χ0) is 20.1. The van der Waals surface area contributed by atoms with Gasteiger partial charge in [0.2, 0.25) is 10.0 Å². The van der Waals surface area contributed by atoms with Gasteiger partial charge in [-0.1, -0.05) is 25.0 Å². The zero-order valence-corrected chi connectivity index (χ0v) is 16.6. The van der Waals surface area contributed by atoms with Gasteiger partial charge in [-0.05, 0) is 54.8 Å². The summed E-state index contributed by atoms with van der Waals surface area (Å²) < 4.78 is 28.0. The SMILES string of the molecule is COc1ccc([C@@H]2CCCCCN2C(=O)Nc2ccc(S(N)(=O)=O)cc2)cc1. The summed E-state index contributed by atoms with van der Waals surface area (Å²) in [5, 5.41) is 7.98. The molecule has 2 aromatic carbocycles. The number of methoxy groups -OCH3 is 1. The Morgan fingerprint density at radius 1 is 1.07 bits per heavy atom. The first-order valence-corrected chi connectivity index (χ1v) is 10.8. The standard InChI is InChI=1S/C20H25N3O4S/c1-27-17-10-6-15(7-11-17)19-5-3-2-4-14-23(19)20(24)22-16-8-12-18(13-9-16)28(21,25)26/h6-13,19H,2-5,14H2,1H3,(H,22,24)(H2,21,25,26)/t19-/m0/s1. The van der Waals surface area contributed by atoms with Crippen molar-refractivity contribution >= 4 is 21.7 Å². The Bertz CT molecular complexity index is 911. The second-order valence-electron chi connectivity index (χ2n) is 6.83. The Balaban J connectivity index is 1.78. The van der Waals surface area contributed by atoms with Gasteiger partial charge < -0.3 is 15.0 Å². The third-order valence-corrected chi connectivity index (χ3v) is 5.88. The van der Waals surface area contributed by atoms with Crippen LogP contribution in [0.1, 0.15) is 37.3 Å². The molecule has 0 saturated carbocycles. The van der Waals surface area contributed by atoms with Gasteiger partial charge in [0.05, 0.1) is 18.0 Å². The normalized spacial score (nSPS) is 17.6. The zero-order valence-electron chi connectivity index (χ0n) is 15.8. The van der Waals surface area contributed by atoms with E-state index in [2.05, 4.69) is 5.32 Å². The number of likely N-dealkylation sites (tertiary alicyclic amines) is 1. The minimum atomic E-state index is -3.76. The van der Waals surface area contributed by atoms with E-state index >= 15 is 0 Å². The summed E-state index contributed by atoms with van der Waals surface area (Å²) in [6.07, 6.45) is 3.98. The summed E-state index contributed by atoms with van der Waals surface area (Å²) >= 11 is 0. The van der Waals surface area contributed by atoms with Crippen molar-refractivity contribution in [2.24, 2.45) is 5.14 Å². The van der Waals surface area contributed by atoms with Crippen molar-refractivity contribution in [2.45, 2.75) is 36.6 Å². The fourth-order valence-electron chi connectivity index (χ4n) is 3.45. The summed E-state index contributed by atoms with van der Waals surface area (Å²) in [6, 6.07) is 13.4. The van der Waals surface area contributed by atoms with Gasteiger partial charge in [-0.2, -0.15) is 0 Å². The predicted molar refractivity (Wildman–Crippen MR) is 108 cm³/mol. The highest BCUT2D eigenvalue weighted by Crippen LogP contribution is 2.31. The number of carbonyl (C=O) groups is 1. The molecular formula is C20H25N3O4S. The summed E-state index contributed by atoms with van der Waals surface area (Å²) in [7, 11) is -2.13. The van der Waals surface area contributed by atoms with E-state index in [0.717, 1.165) is 37.0 Å². The highest BCUT2D eigenvalue weighted by atomic mass is 32.2. The summed E-state index contributed by atoms with van der Waals surface area (Å²) in [4.78, 5) is 14.8. The number of nitrogens with one attached hydrogen (secondary N) is 1. The molecule has 1 aliphatic rings. The number of sulfonamides is 1. The number of primary sulfonamides is 1. The van der Waals surface area contributed by atoms with Crippen molar-refractivity contribution in [1.82, 2.24) is 4.90 Å². The minimum Gasteiger partial charge on any atom is -0.497 e. The number of anilines is 1. The van der Waals surface area contributed by atoms with Crippen LogP contribution >= 0.6 is 0 Å². The number of hydrogen-bond acceptors (Lipinski definition) is 4. The average Bonchev–Trinajstić information content (AvgIpc) is 2.94. The molecule has 8 heteroatoms. The van der Waals surface area contributed by atoms with Gasteiger partial charge >= 0.3 is 6.03 Å². The second kappa shape index (κ2) is 8.62. The smallest absolute Gasteiger partial charge is 0.322 e. The van der Waals surface area contributed by atoms with Crippen molar-refractivity contribution < 1.29 is 17.9 Å². The Hall–Kier alpha value is -2.58. The first kappa shape index (κ1) is 20.2. The fraction of sp³-hybridized carbons (Fsp3) is 0.350. The third kappa shape index (κ3) is 4.82. The molecular weight excluding hydrogens is 378 g/mol. The van der Waals surface area contributed by atoms with Crippen LogP contribution in [0.4, 0.5) is 10.5 Å². The van der Waals surface area contributed by atoms with E-state index < -0.39 is 10.0 Å². The maximum absolute atomic E-state index is 13.0. The van der Waals surface area contributed by atoms with Gasteiger partial charge in [0.1, 0.15) is 5.75 Å². The lowest BCUT2D eigenvalue weighted by Crippen LogP contribution is -2.38. The maximum atomic E-state index is 13.0. The molecule has 150 valence electrons. The maximum Gasteiger partial charge on any atom is 0.322 e. The number of hydrogen-bond donors (Lipinski definition) is 2. The summed E-state index contributed by atoms with van der Waals surface area (Å²) in [5.74, 6) is 0.781.